The molecule has 0 saturated carbocycles. The number of aliphatic imine (C=N–C) groups is 1. The van der Waals surface area contributed by atoms with Crippen molar-refractivity contribution in [1.82, 2.24) is 0 Å². The molecule has 0 saturated heterocycles. The van der Waals surface area contributed by atoms with Crippen LogP contribution in [0.15, 0.2) is 4.99 Å². The predicted molar refractivity (Wildman–Crippen MR) is 52.5 cm³/mol. The lowest BCUT2D eigenvalue weighted by Crippen LogP contribution is -2.35. The van der Waals surface area contributed by atoms with E-state index < -0.39 is 9.28 Å². The standard InChI is InChI=1S/C8H17NO3Si/c1-7(2)5-8(9-6-10)13(11-3)12-4/h7-8,13H,5H2,1-4H3. The first-order valence-electron chi connectivity index (χ1n) is 4.28. The Morgan fingerprint density at radius 1 is 1.38 bits per heavy atom. The van der Waals surface area contributed by atoms with E-state index in [-0.39, 0.29) is 5.67 Å². The van der Waals surface area contributed by atoms with Gasteiger partial charge in [-0.2, -0.15) is 0 Å². The van der Waals surface area contributed by atoms with Crippen LogP contribution in [-0.2, 0) is 13.6 Å². The molecule has 0 aliphatic rings. The van der Waals surface area contributed by atoms with Crippen LogP contribution in [0.1, 0.15) is 20.3 Å². The Bertz CT molecular complexity index is 176. The quantitative estimate of drug-likeness (QED) is 0.364. The third kappa shape index (κ3) is 4.95. The number of nitrogens with zero attached hydrogens (tertiary/aromatic N) is 1. The average Bonchev–Trinajstić information content (AvgIpc) is 2.05. The summed E-state index contributed by atoms with van der Waals surface area (Å²) in [5, 5.41) is 0. The van der Waals surface area contributed by atoms with Crippen molar-refractivity contribution in [2.24, 2.45) is 10.9 Å². The predicted octanol–water partition coefficient (Wildman–Crippen LogP) is 0.789. The van der Waals surface area contributed by atoms with Gasteiger partial charge >= 0.3 is 9.28 Å². The Morgan fingerprint density at radius 2 is 1.92 bits per heavy atom. The Morgan fingerprint density at radius 3 is 2.23 bits per heavy atom. The van der Waals surface area contributed by atoms with Crippen molar-refractivity contribution in [1.29, 1.82) is 0 Å². The van der Waals surface area contributed by atoms with Gasteiger partial charge in [0.2, 0.25) is 6.08 Å². The van der Waals surface area contributed by atoms with Crippen LogP contribution in [0, 0.1) is 5.92 Å². The van der Waals surface area contributed by atoms with E-state index in [4.69, 9.17) is 8.85 Å². The highest BCUT2D eigenvalue weighted by atomic mass is 28.3. The highest BCUT2D eigenvalue weighted by Gasteiger charge is 2.24. The van der Waals surface area contributed by atoms with Crippen LogP contribution < -0.4 is 0 Å². The molecule has 76 valence electrons. The Kier molecular flexibility index (Phi) is 6.71. The van der Waals surface area contributed by atoms with Crippen LogP contribution in [0.4, 0.5) is 0 Å². The fourth-order valence-electron chi connectivity index (χ4n) is 1.19. The van der Waals surface area contributed by atoms with Crippen LogP contribution in [-0.4, -0.2) is 35.2 Å². The molecule has 1 unspecified atom stereocenters. The van der Waals surface area contributed by atoms with Crippen LogP contribution in [0.2, 0.25) is 0 Å². The van der Waals surface area contributed by atoms with E-state index in [0.717, 1.165) is 6.42 Å². The lowest BCUT2D eigenvalue weighted by atomic mass is 10.1. The van der Waals surface area contributed by atoms with Gasteiger partial charge in [-0.05, 0) is 12.3 Å². The smallest absolute Gasteiger partial charge is 0.347 e. The van der Waals surface area contributed by atoms with Gasteiger partial charge in [0.25, 0.3) is 0 Å². The molecule has 0 bridgehead atoms. The summed E-state index contributed by atoms with van der Waals surface area (Å²) in [5.41, 5.74) is -0.118. The van der Waals surface area contributed by atoms with Crippen molar-refractivity contribution < 1.29 is 13.6 Å². The molecule has 5 heteroatoms. The van der Waals surface area contributed by atoms with Crippen molar-refractivity contribution in [3.05, 3.63) is 0 Å². The summed E-state index contributed by atoms with van der Waals surface area (Å²) in [4.78, 5) is 13.9. The molecule has 4 nitrogen and oxygen atoms in total. The number of carbonyl (C=O) groups excluding carboxylic acids is 1. The Hall–Kier alpha value is -0.483. The summed E-state index contributed by atoms with van der Waals surface area (Å²) in [6.45, 7) is 4.15. The zero-order valence-electron chi connectivity index (χ0n) is 8.61. The number of hydrogen-bond acceptors (Lipinski definition) is 4. The van der Waals surface area contributed by atoms with Crippen molar-refractivity contribution in [3.63, 3.8) is 0 Å². The lowest BCUT2D eigenvalue weighted by Gasteiger charge is -2.19. The average molecular weight is 203 g/mol. The first-order chi connectivity index (χ1) is 6.15. The molecule has 0 aliphatic carbocycles. The maximum atomic E-state index is 10.2. The first kappa shape index (κ1) is 12.5. The molecule has 0 rings (SSSR count). The molecular weight excluding hydrogens is 186 g/mol. The third-order valence-corrected chi connectivity index (χ3v) is 3.69. The van der Waals surface area contributed by atoms with Gasteiger partial charge in [0.15, 0.2) is 0 Å². The number of hydrogen-bond donors (Lipinski definition) is 0. The van der Waals surface area contributed by atoms with E-state index in [0.29, 0.717) is 5.92 Å². The maximum Gasteiger partial charge on any atom is 0.347 e. The molecular formula is C8H17NO3Si. The number of rotatable bonds is 6. The summed E-state index contributed by atoms with van der Waals surface area (Å²) in [5.74, 6) is 0.474. The number of isocyanates is 1. The minimum atomic E-state index is -1.81. The summed E-state index contributed by atoms with van der Waals surface area (Å²) in [7, 11) is 1.37. The van der Waals surface area contributed by atoms with Crippen molar-refractivity contribution in [3.8, 4) is 0 Å². The molecule has 0 radical (unpaired) electrons. The van der Waals surface area contributed by atoms with Gasteiger partial charge in [0, 0.05) is 14.2 Å². The third-order valence-electron chi connectivity index (χ3n) is 1.71. The second kappa shape index (κ2) is 6.97. The molecule has 0 fully saturated rings. The lowest BCUT2D eigenvalue weighted by molar-refractivity contribution is 0.261. The van der Waals surface area contributed by atoms with Gasteiger partial charge in [-0.3, -0.25) is 0 Å². The first-order valence-corrected chi connectivity index (χ1v) is 5.89. The highest BCUT2D eigenvalue weighted by Crippen LogP contribution is 2.11. The Balaban J connectivity index is 4.28. The second-order valence-electron chi connectivity index (χ2n) is 3.26. The molecule has 0 spiro atoms. The van der Waals surface area contributed by atoms with Crippen molar-refractivity contribution in [2.75, 3.05) is 14.2 Å². The zero-order chi connectivity index (χ0) is 10.3. The topological polar surface area (TPSA) is 47.9 Å². The molecule has 13 heavy (non-hydrogen) atoms. The highest BCUT2D eigenvalue weighted by molar-refractivity contribution is 6.46. The summed E-state index contributed by atoms with van der Waals surface area (Å²) in [6, 6.07) is 0. The molecule has 0 amide bonds. The zero-order valence-corrected chi connectivity index (χ0v) is 9.77. The normalized spacial score (nSPS) is 13.1. The minimum Gasteiger partial charge on any atom is -0.399 e. The monoisotopic (exact) mass is 203 g/mol. The van der Waals surface area contributed by atoms with Gasteiger partial charge in [-0.1, -0.05) is 13.8 Å². The molecule has 0 aliphatic heterocycles. The van der Waals surface area contributed by atoms with E-state index >= 15 is 0 Å². The van der Waals surface area contributed by atoms with Crippen LogP contribution in [0.3, 0.4) is 0 Å². The minimum absolute atomic E-state index is 0.118. The summed E-state index contributed by atoms with van der Waals surface area (Å²) in [6.07, 6.45) is 2.39. The molecule has 0 aromatic heterocycles. The van der Waals surface area contributed by atoms with Gasteiger partial charge in [0.05, 0.1) is 0 Å². The Labute approximate surface area is 80.8 Å². The summed E-state index contributed by atoms with van der Waals surface area (Å²) >= 11 is 0. The molecule has 0 heterocycles. The van der Waals surface area contributed by atoms with Gasteiger partial charge in [-0.15, -0.1) is 0 Å². The van der Waals surface area contributed by atoms with E-state index in [1.165, 1.54) is 0 Å². The van der Waals surface area contributed by atoms with Crippen LogP contribution >= 0.6 is 0 Å². The molecule has 0 aromatic carbocycles. The van der Waals surface area contributed by atoms with Crippen molar-refractivity contribution >= 4 is 15.4 Å². The van der Waals surface area contributed by atoms with E-state index in [1.54, 1.807) is 20.3 Å². The molecule has 0 aromatic rings. The maximum absolute atomic E-state index is 10.2. The van der Waals surface area contributed by atoms with E-state index in [9.17, 15) is 4.79 Å². The van der Waals surface area contributed by atoms with Crippen molar-refractivity contribution in [2.45, 2.75) is 25.9 Å². The van der Waals surface area contributed by atoms with E-state index in [1.807, 2.05) is 0 Å². The SMILES string of the molecule is CO[SiH](OC)C(CC(C)C)N=C=O. The van der Waals surface area contributed by atoms with E-state index in [2.05, 4.69) is 18.8 Å². The van der Waals surface area contributed by atoms with Gasteiger partial charge in [0.1, 0.15) is 5.67 Å². The fraction of sp³-hybridized carbons (Fsp3) is 0.875. The summed E-state index contributed by atoms with van der Waals surface area (Å²) < 4.78 is 10.3. The fourth-order valence-corrected chi connectivity index (χ4v) is 2.96. The van der Waals surface area contributed by atoms with Gasteiger partial charge in [-0.25, -0.2) is 9.79 Å². The second-order valence-corrected chi connectivity index (χ2v) is 5.71. The van der Waals surface area contributed by atoms with Crippen LogP contribution in [0.25, 0.3) is 0 Å². The largest absolute Gasteiger partial charge is 0.399 e. The molecule has 1 atom stereocenters. The van der Waals surface area contributed by atoms with Gasteiger partial charge < -0.3 is 8.85 Å². The molecule has 0 N–H and O–H groups in total. The van der Waals surface area contributed by atoms with Crippen LogP contribution in [0.5, 0.6) is 0 Å².